The number of piperazine rings is 1. The lowest BCUT2D eigenvalue weighted by Crippen LogP contribution is -2.49. The molecule has 26 heavy (non-hydrogen) atoms. The Labute approximate surface area is 156 Å². The largest absolute Gasteiger partial charge is 0.369 e. The summed E-state index contributed by atoms with van der Waals surface area (Å²) in [4.78, 5) is 26.6. The number of aromatic nitrogens is 2. The molecule has 0 radical (unpaired) electrons. The Morgan fingerprint density at radius 3 is 2.42 bits per heavy atom. The zero-order chi connectivity index (χ0) is 18.7. The molecule has 1 aromatic carbocycles. The fraction of sp³-hybridized carbons (Fsp3) is 0.333. The van der Waals surface area contributed by atoms with E-state index in [1.165, 1.54) is 34.1 Å². The minimum Gasteiger partial charge on any atom is -0.369 e. The molecule has 1 aliphatic rings. The first-order chi connectivity index (χ1) is 12.5. The summed E-state index contributed by atoms with van der Waals surface area (Å²) in [6.45, 7) is 1.57. The number of primary amides is 1. The maximum Gasteiger partial charge on any atom is 0.259 e. The normalized spacial score (nSPS) is 14.5. The zero-order valence-electron chi connectivity index (χ0n) is 13.5. The number of nitrogens with two attached hydrogens (primary N) is 1. The maximum absolute atomic E-state index is 13.8. The number of halogens is 2. The Morgan fingerprint density at radius 2 is 1.81 bits per heavy atom. The summed E-state index contributed by atoms with van der Waals surface area (Å²) in [5.41, 5.74) is 4.57. The van der Waals surface area contributed by atoms with Gasteiger partial charge >= 0.3 is 0 Å². The predicted molar refractivity (Wildman–Crippen MR) is 94.3 cm³/mol. The molecule has 0 bridgehead atoms. The van der Waals surface area contributed by atoms with Gasteiger partial charge in [-0.15, -0.1) is 10.2 Å². The number of benzene rings is 1. The summed E-state index contributed by atoms with van der Waals surface area (Å²) in [5.74, 6) is -2.68. The Kier molecular flexibility index (Phi) is 5.67. The number of nitrogens with zero attached hydrogens (tertiary/aromatic N) is 4. The van der Waals surface area contributed by atoms with Crippen molar-refractivity contribution in [3.05, 3.63) is 35.4 Å². The van der Waals surface area contributed by atoms with Gasteiger partial charge in [-0.25, -0.2) is 8.78 Å². The van der Waals surface area contributed by atoms with E-state index in [0.717, 1.165) is 12.1 Å². The van der Waals surface area contributed by atoms with Gasteiger partial charge in [-0.1, -0.05) is 29.2 Å². The monoisotopic (exact) mass is 399 g/mol. The van der Waals surface area contributed by atoms with Crippen molar-refractivity contribution >= 4 is 40.0 Å². The lowest BCUT2D eigenvalue weighted by Gasteiger charge is -2.34. The number of anilines is 1. The maximum atomic E-state index is 13.8. The van der Waals surface area contributed by atoms with Crippen LogP contribution in [0, 0.1) is 11.6 Å². The van der Waals surface area contributed by atoms with Gasteiger partial charge in [0.1, 0.15) is 17.2 Å². The molecule has 1 aromatic heterocycles. The highest BCUT2D eigenvalue weighted by molar-refractivity contribution is 8.01. The number of hydrogen-bond donors (Lipinski definition) is 1. The van der Waals surface area contributed by atoms with Gasteiger partial charge in [-0.05, 0) is 12.1 Å². The second-order valence-corrected chi connectivity index (χ2v) is 7.66. The molecule has 3 rings (SSSR count). The van der Waals surface area contributed by atoms with Crippen LogP contribution in [0.2, 0.25) is 0 Å². The highest BCUT2D eigenvalue weighted by atomic mass is 32.2. The first-order valence-corrected chi connectivity index (χ1v) is 9.48. The summed E-state index contributed by atoms with van der Waals surface area (Å²) < 4.78 is 28.2. The lowest BCUT2D eigenvalue weighted by atomic mass is 10.1. The van der Waals surface area contributed by atoms with Gasteiger partial charge in [0.2, 0.25) is 11.0 Å². The van der Waals surface area contributed by atoms with Crippen molar-refractivity contribution in [3.8, 4) is 0 Å². The fourth-order valence-electron chi connectivity index (χ4n) is 2.48. The summed E-state index contributed by atoms with van der Waals surface area (Å²) >= 11 is 2.54. The van der Waals surface area contributed by atoms with Gasteiger partial charge < -0.3 is 15.5 Å². The van der Waals surface area contributed by atoms with Gasteiger partial charge in [0, 0.05) is 26.2 Å². The van der Waals surface area contributed by atoms with Gasteiger partial charge in [0.15, 0.2) is 4.34 Å². The fourth-order valence-corrected chi connectivity index (χ4v) is 4.11. The third-order valence-corrected chi connectivity index (χ3v) is 5.89. The van der Waals surface area contributed by atoms with E-state index < -0.39 is 29.0 Å². The number of rotatable bonds is 5. The molecule has 138 valence electrons. The molecule has 0 spiro atoms. The Morgan fingerprint density at radius 1 is 1.15 bits per heavy atom. The van der Waals surface area contributed by atoms with Crippen LogP contribution in [-0.2, 0) is 4.79 Å². The molecule has 2 heterocycles. The number of carbonyl (C=O) groups is 2. The highest BCUT2D eigenvalue weighted by Gasteiger charge is 2.27. The van der Waals surface area contributed by atoms with Gasteiger partial charge in [0.25, 0.3) is 5.91 Å². The molecule has 0 atom stereocenters. The van der Waals surface area contributed by atoms with Crippen molar-refractivity contribution in [1.82, 2.24) is 15.1 Å². The molecule has 2 N–H and O–H groups in total. The molecule has 11 heteroatoms. The van der Waals surface area contributed by atoms with E-state index >= 15 is 0 Å². The second kappa shape index (κ2) is 7.96. The molecule has 0 saturated carbocycles. The Hall–Kier alpha value is -2.27. The minimum absolute atomic E-state index is 0.130. The molecule has 1 aliphatic heterocycles. The van der Waals surface area contributed by atoms with Crippen molar-refractivity contribution in [2.45, 2.75) is 4.34 Å². The molecule has 0 aliphatic carbocycles. The van der Waals surface area contributed by atoms with Crippen LogP contribution < -0.4 is 10.6 Å². The van der Waals surface area contributed by atoms with E-state index in [4.69, 9.17) is 5.73 Å². The van der Waals surface area contributed by atoms with Crippen molar-refractivity contribution < 1.29 is 18.4 Å². The smallest absolute Gasteiger partial charge is 0.259 e. The third-order valence-electron chi connectivity index (χ3n) is 3.75. The molecule has 1 saturated heterocycles. The van der Waals surface area contributed by atoms with Crippen LogP contribution in [0.15, 0.2) is 22.5 Å². The van der Waals surface area contributed by atoms with Gasteiger partial charge in [-0.3, -0.25) is 9.59 Å². The van der Waals surface area contributed by atoms with Crippen LogP contribution in [0.25, 0.3) is 0 Å². The van der Waals surface area contributed by atoms with Crippen LogP contribution in [-0.4, -0.2) is 58.8 Å². The number of amides is 2. The Balaban J connectivity index is 1.61. The first-order valence-electron chi connectivity index (χ1n) is 7.68. The topological polar surface area (TPSA) is 92.4 Å². The molecule has 1 fully saturated rings. The van der Waals surface area contributed by atoms with Crippen LogP contribution >= 0.6 is 23.1 Å². The molecular formula is C15H15F2N5O2S2. The zero-order valence-corrected chi connectivity index (χ0v) is 15.2. The van der Waals surface area contributed by atoms with E-state index in [9.17, 15) is 18.4 Å². The summed E-state index contributed by atoms with van der Waals surface area (Å²) in [7, 11) is 0. The van der Waals surface area contributed by atoms with Gasteiger partial charge in [0.05, 0.1) is 5.75 Å². The third kappa shape index (κ3) is 4.10. The second-order valence-electron chi connectivity index (χ2n) is 5.48. The predicted octanol–water partition coefficient (Wildman–Crippen LogP) is 1.36. The molecular weight excluding hydrogens is 384 g/mol. The molecule has 2 amide bonds. The number of thioether (sulfide) groups is 1. The minimum atomic E-state index is -0.863. The molecule has 7 nitrogen and oxygen atoms in total. The molecule has 0 unspecified atom stereocenters. The summed E-state index contributed by atoms with van der Waals surface area (Å²) in [6, 6.07) is 3.36. The highest BCUT2D eigenvalue weighted by Crippen LogP contribution is 2.28. The van der Waals surface area contributed by atoms with Crippen LogP contribution in [0.3, 0.4) is 0 Å². The number of carbonyl (C=O) groups excluding carboxylic acids is 2. The van der Waals surface area contributed by atoms with E-state index in [2.05, 4.69) is 10.2 Å². The average Bonchev–Trinajstić information content (AvgIpc) is 3.09. The van der Waals surface area contributed by atoms with Crippen molar-refractivity contribution in [2.24, 2.45) is 5.73 Å². The first kappa shape index (κ1) is 18.5. The quantitative estimate of drug-likeness (QED) is 0.763. The van der Waals surface area contributed by atoms with Crippen molar-refractivity contribution in [2.75, 3.05) is 36.8 Å². The van der Waals surface area contributed by atoms with E-state index in [1.54, 1.807) is 0 Å². The summed E-state index contributed by atoms with van der Waals surface area (Å²) in [5, 5.41) is 8.73. The van der Waals surface area contributed by atoms with E-state index in [-0.39, 0.29) is 5.75 Å². The summed E-state index contributed by atoms with van der Waals surface area (Å²) in [6.07, 6.45) is 0. The molecule has 2 aromatic rings. The van der Waals surface area contributed by atoms with E-state index in [0.29, 0.717) is 35.7 Å². The SMILES string of the molecule is NC(=O)CSc1nnc(N2CCN(C(=O)c3c(F)cccc3F)CC2)s1. The Bertz CT molecular complexity index is 804. The van der Waals surface area contributed by atoms with Crippen molar-refractivity contribution in [1.29, 1.82) is 0 Å². The standard InChI is InChI=1S/C15H15F2N5O2S2/c16-9-2-1-3-10(17)12(9)13(24)21-4-6-22(7-5-21)14-19-20-15(26-14)25-8-11(18)23/h1-3H,4-8H2,(H2,18,23). The van der Waals surface area contributed by atoms with Crippen LogP contribution in [0.4, 0.5) is 13.9 Å². The number of hydrogen-bond acceptors (Lipinski definition) is 7. The van der Waals surface area contributed by atoms with Crippen LogP contribution in [0.5, 0.6) is 0 Å². The lowest BCUT2D eigenvalue weighted by molar-refractivity contribution is -0.115. The average molecular weight is 399 g/mol. The van der Waals surface area contributed by atoms with Crippen LogP contribution in [0.1, 0.15) is 10.4 Å². The van der Waals surface area contributed by atoms with E-state index in [1.807, 2.05) is 4.90 Å². The van der Waals surface area contributed by atoms with Crippen molar-refractivity contribution in [3.63, 3.8) is 0 Å². The van der Waals surface area contributed by atoms with Gasteiger partial charge in [-0.2, -0.15) is 0 Å².